The first-order chi connectivity index (χ1) is 6.20. The number of nitrogens with two attached hydrogens (primary N) is 1. The number of rotatable bonds is 1. The van der Waals surface area contributed by atoms with Crippen LogP contribution in [0.3, 0.4) is 0 Å². The van der Waals surface area contributed by atoms with Crippen LogP contribution in [0.5, 0.6) is 5.75 Å². The van der Waals surface area contributed by atoms with E-state index in [-0.39, 0.29) is 5.75 Å². The van der Waals surface area contributed by atoms with Gasteiger partial charge in [-0.25, -0.2) is 0 Å². The highest BCUT2D eigenvalue weighted by atomic mass is 16.3. The Bertz CT molecular complexity index is 371. The fourth-order valence-electron chi connectivity index (χ4n) is 1.93. The summed E-state index contributed by atoms with van der Waals surface area (Å²) in [5.41, 5.74) is 7.59. The third-order valence-electron chi connectivity index (χ3n) is 2.51. The summed E-state index contributed by atoms with van der Waals surface area (Å²) in [6, 6.07) is 3.41. The third kappa shape index (κ3) is 1.16. The Morgan fingerprint density at radius 3 is 2.85 bits per heavy atom. The molecular formula is C10H11NO2. The van der Waals surface area contributed by atoms with Gasteiger partial charge in [0.1, 0.15) is 5.75 Å². The van der Waals surface area contributed by atoms with Crippen LogP contribution in [0.15, 0.2) is 12.1 Å². The molecule has 0 spiro atoms. The molecule has 0 heterocycles. The fourth-order valence-corrected chi connectivity index (χ4v) is 1.93. The summed E-state index contributed by atoms with van der Waals surface area (Å²) < 4.78 is 0. The molecule has 3 heteroatoms. The quantitative estimate of drug-likeness (QED) is 0.671. The van der Waals surface area contributed by atoms with Crippen molar-refractivity contribution in [2.75, 3.05) is 0 Å². The minimum atomic E-state index is -0.531. The number of hydrogen-bond acceptors (Lipinski definition) is 2. The zero-order valence-corrected chi connectivity index (χ0v) is 7.21. The van der Waals surface area contributed by atoms with Crippen LogP contribution in [0.1, 0.15) is 27.9 Å². The van der Waals surface area contributed by atoms with Crippen molar-refractivity contribution in [2.24, 2.45) is 5.73 Å². The van der Waals surface area contributed by atoms with Gasteiger partial charge in [0.15, 0.2) is 0 Å². The zero-order valence-electron chi connectivity index (χ0n) is 7.21. The van der Waals surface area contributed by atoms with Crippen LogP contribution in [0.25, 0.3) is 0 Å². The largest absolute Gasteiger partial charge is 0.507 e. The van der Waals surface area contributed by atoms with Crippen LogP contribution >= 0.6 is 0 Å². The van der Waals surface area contributed by atoms with Crippen molar-refractivity contribution in [3.8, 4) is 5.75 Å². The number of amides is 1. The smallest absolute Gasteiger partial charge is 0.252 e. The first kappa shape index (κ1) is 8.10. The lowest BCUT2D eigenvalue weighted by Gasteiger charge is -2.06. The SMILES string of the molecule is NC(=O)c1c(O)ccc2c1CCC2. The van der Waals surface area contributed by atoms with Crippen LogP contribution in [-0.4, -0.2) is 11.0 Å². The van der Waals surface area contributed by atoms with Crippen molar-refractivity contribution >= 4 is 5.91 Å². The second-order valence-corrected chi connectivity index (χ2v) is 3.32. The van der Waals surface area contributed by atoms with E-state index in [1.807, 2.05) is 6.07 Å². The Balaban J connectivity index is 2.65. The molecule has 2 rings (SSSR count). The first-order valence-corrected chi connectivity index (χ1v) is 4.33. The summed E-state index contributed by atoms with van der Waals surface area (Å²) in [5.74, 6) is -0.524. The second kappa shape index (κ2) is 2.76. The van der Waals surface area contributed by atoms with Gasteiger partial charge in [0.25, 0.3) is 5.91 Å². The molecule has 0 aromatic heterocycles. The topological polar surface area (TPSA) is 63.3 Å². The summed E-state index contributed by atoms with van der Waals surface area (Å²) in [4.78, 5) is 11.0. The van der Waals surface area contributed by atoms with Crippen molar-refractivity contribution in [2.45, 2.75) is 19.3 Å². The van der Waals surface area contributed by atoms with E-state index in [0.717, 1.165) is 30.4 Å². The molecule has 0 radical (unpaired) electrons. The van der Waals surface area contributed by atoms with Gasteiger partial charge in [-0.2, -0.15) is 0 Å². The van der Waals surface area contributed by atoms with Crippen LogP contribution in [-0.2, 0) is 12.8 Å². The number of aryl methyl sites for hydroxylation is 1. The lowest BCUT2D eigenvalue weighted by atomic mass is 10.0. The van der Waals surface area contributed by atoms with Crippen molar-refractivity contribution < 1.29 is 9.90 Å². The maximum atomic E-state index is 11.0. The normalized spacial score (nSPS) is 14.2. The summed E-state index contributed by atoms with van der Waals surface area (Å²) in [7, 11) is 0. The monoisotopic (exact) mass is 177 g/mol. The van der Waals surface area contributed by atoms with Crippen LogP contribution in [0.4, 0.5) is 0 Å². The van der Waals surface area contributed by atoms with E-state index >= 15 is 0 Å². The Morgan fingerprint density at radius 1 is 1.38 bits per heavy atom. The van der Waals surface area contributed by atoms with Gasteiger partial charge in [0.2, 0.25) is 0 Å². The van der Waals surface area contributed by atoms with E-state index in [4.69, 9.17) is 5.73 Å². The standard InChI is InChI=1S/C10H11NO2/c11-10(13)9-7-3-1-2-6(7)4-5-8(9)12/h4-5,12H,1-3H2,(H2,11,13). The first-order valence-electron chi connectivity index (χ1n) is 4.33. The Hall–Kier alpha value is -1.51. The van der Waals surface area contributed by atoms with Gasteiger partial charge in [0, 0.05) is 0 Å². The molecule has 0 saturated carbocycles. The fraction of sp³-hybridized carbons (Fsp3) is 0.300. The van der Waals surface area contributed by atoms with Gasteiger partial charge >= 0.3 is 0 Å². The number of hydrogen-bond donors (Lipinski definition) is 2. The van der Waals surface area contributed by atoms with Gasteiger partial charge in [-0.05, 0) is 36.5 Å². The van der Waals surface area contributed by atoms with Crippen molar-refractivity contribution in [1.82, 2.24) is 0 Å². The van der Waals surface area contributed by atoms with E-state index in [9.17, 15) is 9.90 Å². The van der Waals surface area contributed by atoms with E-state index < -0.39 is 5.91 Å². The number of carbonyl (C=O) groups excluding carboxylic acids is 1. The van der Waals surface area contributed by atoms with Crippen LogP contribution < -0.4 is 5.73 Å². The molecular weight excluding hydrogens is 166 g/mol. The summed E-state index contributed by atoms with van der Waals surface area (Å²) >= 11 is 0. The molecule has 68 valence electrons. The molecule has 1 aliphatic carbocycles. The highest BCUT2D eigenvalue weighted by Crippen LogP contribution is 2.30. The van der Waals surface area contributed by atoms with E-state index in [0.29, 0.717) is 5.56 Å². The predicted octanol–water partition coefficient (Wildman–Crippen LogP) is 0.980. The Labute approximate surface area is 76.2 Å². The van der Waals surface area contributed by atoms with Gasteiger partial charge in [-0.15, -0.1) is 0 Å². The molecule has 1 amide bonds. The summed E-state index contributed by atoms with van der Waals surface area (Å²) in [5, 5.41) is 9.44. The average molecular weight is 177 g/mol. The van der Waals surface area contributed by atoms with Crippen molar-refractivity contribution in [3.63, 3.8) is 0 Å². The number of carbonyl (C=O) groups is 1. The molecule has 1 aromatic carbocycles. The highest BCUT2D eigenvalue weighted by Gasteiger charge is 2.20. The molecule has 0 saturated heterocycles. The molecule has 0 aliphatic heterocycles. The Morgan fingerprint density at radius 2 is 2.15 bits per heavy atom. The minimum Gasteiger partial charge on any atom is -0.507 e. The van der Waals surface area contributed by atoms with E-state index in [2.05, 4.69) is 0 Å². The Kier molecular flexibility index (Phi) is 1.72. The van der Waals surface area contributed by atoms with Gasteiger partial charge in [-0.1, -0.05) is 6.07 Å². The van der Waals surface area contributed by atoms with E-state index in [1.165, 1.54) is 0 Å². The molecule has 3 N–H and O–H groups in total. The number of aromatic hydroxyl groups is 1. The third-order valence-corrected chi connectivity index (χ3v) is 2.51. The molecule has 13 heavy (non-hydrogen) atoms. The molecule has 1 aliphatic rings. The predicted molar refractivity (Wildman–Crippen MR) is 48.6 cm³/mol. The summed E-state index contributed by atoms with van der Waals surface area (Å²) in [6.45, 7) is 0. The lowest BCUT2D eigenvalue weighted by Crippen LogP contribution is -2.13. The number of primary amides is 1. The van der Waals surface area contributed by atoms with Crippen LogP contribution in [0.2, 0.25) is 0 Å². The molecule has 0 bridgehead atoms. The number of fused-ring (bicyclic) bond motifs is 1. The van der Waals surface area contributed by atoms with Crippen LogP contribution in [0, 0.1) is 0 Å². The number of benzene rings is 1. The lowest BCUT2D eigenvalue weighted by molar-refractivity contribution is 0.0997. The summed E-state index contributed by atoms with van der Waals surface area (Å²) in [6.07, 6.45) is 2.87. The zero-order chi connectivity index (χ0) is 9.42. The molecule has 0 atom stereocenters. The maximum absolute atomic E-state index is 11.0. The highest BCUT2D eigenvalue weighted by molar-refractivity contribution is 5.97. The second-order valence-electron chi connectivity index (χ2n) is 3.32. The molecule has 0 unspecified atom stereocenters. The van der Waals surface area contributed by atoms with Gasteiger partial charge < -0.3 is 10.8 Å². The van der Waals surface area contributed by atoms with Crippen molar-refractivity contribution in [1.29, 1.82) is 0 Å². The number of phenols is 1. The molecule has 1 aromatic rings. The minimum absolute atomic E-state index is 0.00755. The van der Waals surface area contributed by atoms with E-state index in [1.54, 1.807) is 6.07 Å². The average Bonchev–Trinajstić information content (AvgIpc) is 2.50. The molecule has 0 fully saturated rings. The molecule has 3 nitrogen and oxygen atoms in total. The van der Waals surface area contributed by atoms with Gasteiger partial charge in [0.05, 0.1) is 5.56 Å². The maximum Gasteiger partial charge on any atom is 0.252 e. The van der Waals surface area contributed by atoms with Gasteiger partial charge in [-0.3, -0.25) is 4.79 Å². The van der Waals surface area contributed by atoms with Crippen molar-refractivity contribution in [3.05, 3.63) is 28.8 Å².